The Morgan fingerprint density at radius 2 is 1.62 bits per heavy atom. The molecule has 0 aliphatic carbocycles. The zero-order valence-electron chi connectivity index (χ0n) is 19.8. The summed E-state index contributed by atoms with van der Waals surface area (Å²) < 4.78 is 6.40. The minimum atomic E-state index is -0.0783. The summed E-state index contributed by atoms with van der Waals surface area (Å²) in [5.74, 6) is 0. The fourth-order valence-corrected chi connectivity index (χ4v) is 4.35. The van der Waals surface area contributed by atoms with Crippen molar-refractivity contribution in [1.82, 2.24) is 9.80 Å². The molecule has 6 heteroatoms. The number of nitrogens with one attached hydrogen (secondary N) is 1. The number of halogens is 1. The zero-order valence-corrected chi connectivity index (χ0v) is 20.6. The van der Waals surface area contributed by atoms with Crippen molar-refractivity contribution < 1.29 is 9.53 Å². The van der Waals surface area contributed by atoms with E-state index < -0.39 is 0 Å². The number of benzene rings is 3. The Morgan fingerprint density at radius 3 is 2.29 bits per heavy atom. The van der Waals surface area contributed by atoms with Gasteiger partial charge in [-0.25, -0.2) is 4.79 Å². The number of ether oxygens (including phenoxy) is 1. The standard InChI is InChI=1S/C28H32ClN3O2/c1-21-5-3-7-23(17-21)20-34-27(24-9-11-25(29)12-10-24)19-31-13-15-32(16-14-31)28(33)30-26-8-4-6-22(2)18-26/h3-12,17-18,27H,13-16,19-20H2,1-2H3,(H,30,33)/t27-/m0/s1. The van der Waals surface area contributed by atoms with Crippen LogP contribution in [-0.2, 0) is 11.3 Å². The summed E-state index contributed by atoms with van der Waals surface area (Å²) in [6.45, 7) is 8.40. The van der Waals surface area contributed by atoms with Crippen molar-refractivity contribution in [3.05, 3.63) is 100 Å². The molecule has 3 aromatic rings. The number of carbonyl (C=O) groups is 1. The summed E-state index contributed by atoms with van der Waals surface area (Å²) >= 11 is 6.12. The molecule has 1 atom stereocenters. The van der Waals surface area contributed by atoms with Gasteiger partial charge in [0, 0.05) is 43.4 Å². The van der Waals surface area contributed by atoms with Crippen LogP contribution >= 0.6 is 11.6 Å². The number of hydrogen-bond acceptors (Lipinski definition) is 3. The fourth-order valence-electron chi connectivity index (χ4n) is 4.22. The van der Waals surface area contributed by atoms with Gasteiger partial charge in [-0.3, -0.25) is 4.90 Å². The molecule has 1 heterocycles. The Morgan fingerprint density at radius 1 is 0.941 bits per heavy atom. The monoisotopic (exact) mass is 477 g/mol. The van der Waals surface area contributed by atoms with Crippen molar-refractivity contribution in [3.63, 3.8) is 0 Å². The van der Waals surface area contributed by atoms with Gasteiger partial charge in [0.1, 0.15) is 0 Å². The molecule has 0 saturated carbocycles. The molecular formula is C28H32ClN3O2. The molecule has 0 bridgehead atoms. The largest absolute Gasteiger partial charge is 0.368 e. The van der Waals surface area contributed by atoms with E-state index in [4.69, 9.17) is 16.3 Å². The molecule has 0 aromatic heterocycles. The van der Waals surface area contributed by atoms with Crippen LogP contribution < -0.4 is 5.32 Å². The number of anilines is 1. The highest BCUT2D eigenvalue weighted by Crippen LogP contribution is 2.24. The normalized spacial score (nSPS) is 15.2. The number of urea groups is 1. The van der Waals surface area contributed by atoms with Gasteiger partial charge in [0.2, 0.25) is 0 Å². The van der Waals surface area contributed by atoms with Crippen molar-refractivity contribution in [2.24, 2.45) is 0 Å². The first kappa shape index (κ1) is 24.3. The van der Waals surface area contributed by atoms with Crippen LogP contribution in [0.15, 0.2) is 72.8 Å². The van der Waals surface area contributed by atoms with Crippen LogP contribution in [0.3, 0.4) is 0 Å². The van der Waals surface area contributed by atoms with Crippen LogP contribution in [0, 0.1) is 13.8 Å². The van der Waals surface area contributed by atoms with Gasteiger partial charge in [-0.05, 0) is 54.8 Å². The average molecular weight is 478 g/mol. The first-order valence-electron chi connectivity index (χ1n) is 11.7. The second-order valence-corrected chi connectivity index (χ2v) is 9.36. The lowest BCUT2D eigenvalue weighted by Crippen LogP contribution is -2.50. The zero-order chi connectivity index (χ0) is 23.9. The van der Waals surface area contributed by atoms with E-state index in [0.717, 1.165) is 47.0 Å². The van der Waals surface area contributed by atoms with E-state index in [1.165, 1.54) is 5.56 Å². The molecule has 5 nitrogen and oxygen atoms in total. The average Bonchev–Trinajstić information content (AvgIpc) is 2.83. The van der Waals surface area contributed by atoms with Crippen molar-refractivity contribution in [2.75, 3.05) is 38.0 Å². The maximum atomic E-state index is 12.7. The van der Waals surface area contributed by atoms with Gasteiger partial charge < -0.3 is 15.0 Å². The Kier molecular flexibility index (Phi) is 8.22. The van der Waals surface area contributed by atoms with Crippen LogP contribution in [0.4, 0.5) is 10.5 Å². The second-order valence-electron chi connectivity index (χ2n) is 8.93. The highest BCUT2D eigenvalue weighted by atomic mass is 35.5. The van der Waals surface area contributed by atoms with Crippen LogP contribution in [0.5, 0.6) is 0 Å². The topological polar surface area (TPSA) is 44.8 Å². The van der Waals surface area contributed by atoms with Gasteiger partial charge in [0.05, 0.1) is 12.7 Å². The maximum Gasteiger partial charge on any atom is 0.321 e. The molecule has 1 saturated heterocycles. The number of amides is 2. The highest BCUT2D eigenvalue weighted by Gasteiger charge is 2.24. The summed E-state index contributed by atoms with van der Waals surface area (Å²) in [4.78, 5) is 17.0. The molecule has 1 N–H and O–H groups in total. The van der Waals surface area contributed by atoms with Crippen molar-refractivity contribution >= 4 is 23.3 Å². The highest BCUT2D eigenvalue weighted by molar-refractivity contribution is 6.30. The summed E-state index contributed by atoms with van der Waals surface area (Å²) in [6, 6.07) is 24.1. The Hall–Kier alpha value is -2.86. The van der Waals surface area contributed by atoms with E-state index in [-0.39, 0.29) is 12.1 Å². The maximum absolute atomic E-state index is 12.7. The van der Waals surface area contributed by atoms with Gasteiger partial charge in [0.25, 0.3) is 0 Å². The predicted molar refractivity (Wildman–Crippen MR) is 138 cm³/mol. The van der Waals surface area contributed by atoms with Gasteiger partial charge in [-0.15, -0.1) is 0 Å². The third kappa shape index (κ3) is 6.83. The molecule has 2 amide bonds. The van der Waals surface area contributed by atoms with Crippen molar-refractivity contribution in [3.8, 4) is 0 Å². The number of hydrogen-bond donors (Lipinski definition) is 1. The Labute approximate surface area is 207 Å². The number of aryl methyl sites for hydroxylation is 2. The minimum absolute atomic E-state index is 0.0461. The van der Waals surface area contributed by atoms with E-state index in [1.807, 2.05) is 60.4 Å². The van der Waals surface area contributed by atoms with E-state index in [9.17, 15) is 4.79 Å². The summed E-state index contributed by atoms with van der Waals surface area (Å²) in [5, 5.41) is 3.73. The molecule has 0 spiro atoms. The predicted octanol–water partition coefficient (Wildman–Crippen LogP) is 6.06. The molecule has 34 heavy (non-hydrogen) atoms. The molecule has 1 aliphatic rings. The quantitative estimate of drug-likeness (QED) is 0.449. The molecule has 178 valence electrons. The molecule has 0 unspecified atom stereocenters. The Balaban J connectivity index is 1.35. The van der Waals surface area contributed by atoms with Gasteiger partial charge >= 0.3 is 6.03 Å². The first-order valence-corrected chi connectivity index (χ1v) is 12.1. The molecule has 4 rings (SSSR count). The molecule has 1 fully saturated rings. The number of piperazine rings is 1. The van der Waals surface area contributed by atoms with Gasteiger partial charge in [0.15, 0.2) is 0 Å². The lowest BCUT2D eigenvalue weighted by molar-refractivity contribution is 0.00592. The second kappa shape index (κ2) is 11.5. The Bertz CT molecular complexity index is 1090. The fraction of sp³-hybridized carbons (Fsp3) is 0.321. The van der Waals surface area contributed by atoms with E-state index >= 15 is 0 Å². The molecule has 3 aromatic carbocycles. The van der Waals surface area contributed by atoms with Crippen LogP contribution in [0.2, 0.25) is 5.02 Å². The van der Waals surface area contributed by atoms with E-state index in [2.05, 4.69) is 41.4 Å². The number of nitrogens with zero attached hydrogens (tertiary/aromatic N) is 2. The van der Waals surface area contributed by atoms with Crippen LogP contribution in [-0.4, -0.2) is 48.6 Å². The molecule has 1 aliphatic heterocycles. The summed E-state index contributed by atoms with van der Waals surface area (Å²) in [6.07, 6.45) is -0.0783. The third-order valence-electron chi connectivity index (χ3n) is 6.13. The van der Waals surface area contributed by atoms with Crippen LogP contribution in [0.1, 0.15) is 28.4 Å². The van der Waals surface area contributed by atoms with Crippen LogP contribution in [0.25, 0.3) is 0 Å². The van der Waals surface area contributed by atoms with Crippen molar-refractivity contribution in [2.45, 2.75) is 26.6 Å². The van der Waals surface area contributed by atoms with Gasteiger partial charge in [-0.1, -0.05) is 65.7 Å². The lowest BCUT2D eigenvalue weighted by Gasteiger charge is -2.36. The van der Waals surface area contributed by atoms with Crippen molar-refractivity contribution in [1.29, 1.82) is 0 Å². The minimum Gasteiger partial charge on any atom is -0.368 e. The third-order valence-corrected chi connectivity index (χ3v) is 6.38. The molecule has 0 radical (unpaired) electrons. The number of rotatable bonds is 7. The number of carbonyl (C=O) groups excluding carboxylic acids is 1. The molecular weight excluding hydrogens is 446 g/mol. The summed E-state index contributed by atoms with van der Waals surface area (Å²) in [7, 11) is 0. The SMILES string of the molecule is Cc1cccc(CO[C@@H](CN2CCN(C(=O)Nc3cccc(C)c3)CC2)c2ccc(Cl)cc2)c1. The van der Waals surface area contributed by atoms with E-state index in [0.29, 0.717) is 19.7 Å². The smallest absolute Gasteiger partial charge is 0.321 e. The van der Waals surface area contributed by atoms with Gasteiger partial charge in [-0.2, -0.15) is 0 Å². The summed E-state index contributed by atoms with van der Waals surface area (Å²) in [5.41, 5.74) is 5.46. The van der Waals surface area contributed by atoms with E-state index in [1.54, 1.807) is 0 Å². The first-order chi connectivity index (χ1) is 16.5. The lowest BCUT2D eigenvalue weighted by atomic mass is 10.1.